The highest BCUT2D eigenvalue weighted by Crippen LogP contribution is 2.26. The van der Waals surface area contributed by atoms with Gasteiger partial charge in [-0.25, -0.2) is 13.1 Å². The van der Waals surface area contributed by atoms with Crippen molar-refractivity contribution in [2.75, 3.05) is 6.54 Å². The fourth-order valence-electron chi connectivity index (χ4n) is 2.64. The van der Waals surface area contributed by atoms with Crippen LogP contribution in [0.2, 0.25) is 0 Å². The molecule has 0 radical (unpaired) electrons. The minimum absolute atomic E-state index is 0.0573. The first-order valence-corrected chi connectivity index (χ1v) is 9.02. The number of rotatable bonds is 5. The van der Waals surface area contributed by atoms with E-state index in [1.807, 2.05) is 52.0 Å². The zero-order chi connectivity index (χ0) is 17.2. The molecule has 0 spiro atoms. The highest BCUT2D eigenvalue weighted by atomic mass is 32.2. The molecular weight excluding hydrogens is 310 g/mol. The molecular formula is C18H23NO3S. The lowest BCUT2D eigenvalue weighted by atomic mass is 10.0. The minimum Gasteiger partial charge on any atom is -0.387 e. The normalized spacial score (nSPS) is 13.1. The van der Waals surface area contributed by atoms with E-state index < -0.39 is 16.1 Å². The maximum atomic E-state index is 12.7. The molecule has 0 fully saturated rings. The van der Waals surface area contributed by atoms with Crippen LogP contribution in [0.1, 0.15) is 33.9 Å². The second-order valence-corrected chi connectivity index (χ2v) is 7.57. The molecule has 0 bridgehead atoms. The fraction of sp³-hybridized carbons (Fsp3) is 0.333. The van der Waals surface area contributed by atoms with Gasteiger partial charge in [0.05, 0.1) is 11.0 Å². The van der Waals surface area contributed by atoms with Gasteiger partial charge in [-0.2, -0.15) is 0 Å². The SMILES string of the molecule is Cc1cc(C)c(C)c(S(=O)(=O)NCC(O)c2ccccc2)c1C. The van der Waals surface area contributed by atoms with Gasteiger partial charge in [-0.05, 0) is 55.5 Å². The Bertz CT molecular complexity index is 773. The molecule has 4 nitrogen and oxygen atoms in total. The summed E-state index contributed by atoms with van der Waals surface area (Å²) < 4.78 is 27.9. The van der Waals surface area contributed by atoms with Crippen molar-refractivity contribution in [3.8, 4) is 0 Å². The van der Waals surface area contributed by atoms with E-state index in [1.165, 1.54) is 0 Å². The van der Waals surface area contributed by atoms with Crippen molar-refractivity contribution in [1.82, 2.24) is 4.72 Å². The van der Waals surface area contributed by atoms with Crippen molar-refractivity contribution < 1.29 is 13.5 Å². The van der Waals surface area contributed by atoms with Crippen LogP contribution in [0.5, 0.6) is 0 Å². The van der Waals surface area contributed by atoms with Crippen molar-refractivity contribution in [3.63, 3.8) is 0 Å². The summed E-state index contributed by atoms with van der Waals surface area (Å²) in [4.78, 5) is 0.315. The monoisotopic (exact) mass is 333 g/mol. The first kappa shape index (κ1) is 17.7. The lowest BCUT2D eigenvalue weighted by Gasteiger charge is -2.17. The molecule has 0 saturated carbocycles. The number of aliphatic hydroxyl groups is 1. The summed E-state index contributed by atoms with van der Waals surface area (Å²) in [7, 11) is -3.68. The topological polar surface area (TPSA) is 66.4 Å². The molecule has 124 valence electrons. The number of hydrogen-bond donors (Lipinski definition) is 2. The average Bonchev–Trinajstić information content (AvgIpc) is 2.51. The highest BCUT2D eigenvalue weighted by molar-refractivity contribution is 7.89. The molecule has 2 rings (SSSR count). The van der Waals surface area contributed by atoms with Crippen LogP contribution < -0.4 is 4.72 Å². The van der Waals surface area contributed by atoms with Crippen molar-refractivity contribution in [2.24, 2.45) is 0 Å². The Morgan fingerprint density at radius 2 is 1.52 bits per heavy atom. The lowest BCUT2D eigenvalue weighted by molar-refractivity contribution is 0.182. The zero-order valence-corrected chi connectivity index (χ0v) is 14.7. The Hall–Kier alpha value is -1.69. The summed E-state index contributed by atoms with van der Waals surface area (Å²) in [6.45, 7) is 7.37. The van der Waals surface area contributed by atoms with Crippen LogP contribution in [0.15, 0.2) is 41.3 Å². The summed E-state index contributed by atoms with van der Waals surface area (Å²) in [5.41, 5.74) is 4.06. The van der Waals surface area contributed by atoms with Gasteiger partial charge in [-0.3, -0.25) is 0 Å². The molecule has 0 aliphatic carbocycles. The predicted octanol–water partition coefficient (Wildman–Crippen LogP) is 2.93. The van der Waals surface area contributed by atoms with E-state index in [0.717, 1.165) is 22.3 Å². The van der Waals surface area contributed by atoms with Crippen LogP contribution in [0.3, 0.4) is 0 Å². The Morgan fingerprint density at radius 1 is 1.00 bits per heavy atom. The molecule has 2 N–H and O–H groups in total. The Balaban J connectivity index is 2.27. The van der Waals surface area contributed by atoms with Gasteiger partial charge in [0.25, 0.3) is 0 Å². The lowest BCUT2D eigenvalue weighted by Crippen LogP contribution is -2.30. The van der Waals surface area contributed by atoms with Gasteiger partial charge in [0.15, 0.2) is 0 Å². The smallest absolute Gasteiger partial charge is 0.241 e. The summed E-state index contributed by atoms with van der Waals surface area (Å²) in [5, 5.41) is 10.2. The zero-order valence-electron chi connectivity index (χ0n) is 13.9. The van der Waals surface area contributed by atoms with Gasteiger partial charge in [-0.1, -0.05) is 36.4 Å². The standard InChI is InChI=1S/C18H23NO3S/c1-12-10-13(2)15(4)18(14(12)3)23(21,22)19-11-17(20)16-8-6-5-7-9-16/h5-10,17,19-20H,11H2,1-4H3. The van der Waals surface area contributed by atoms with Gasteiger partial charge in [0, 0.05) is 6.54 Å². The quantitative estimate of drug-likeness (QED) is 0.884. The maximum absolute atomic E-state index is 12.7. The second-order valence-electron chi connectivity index (χ2n) is 5.87. The molecule has 0 amide bonds. The summed E-state index contributed by atoms with van der Waals surface area (Å²) in [6, 6.07) is 11.0. The minimum atomic E-state index is -3.68. The molecule has 0 saturated heterocycles. The van der Waals surface area contributed by atoms with E-state index in [2.05, 4.69) is 4.72 Å². The van der Waals surface area contributed by atoms with E-state index in [0.29, 0.717) is 10.5 Å². The molecule has 23 heavy (non-hydrogen) atoms. The molecule has 2 aromatic rings. The number of hydrogen-bond acceptors (Lipinski definition) is 3. The molecule has 2 aromatic carbocycles. The van der Waals surface area contributed by atoms with Crippen molar-refractivity contribution in [3.05, 3.63) is 64.2 Å². The van der Waals surface area contributed by atoms with Crippen molar-refractivity contribution in [1.29, 1.82) is 0 Å². The largest absolute Gasteiger partial charge is 0.387 e. The number of aryl methyl sites for hydroxylation is 2. The van der Waals surface area contributed by atoms with E-state index in [9.17, 15) is 13.5 Å². The number of nitrogens with one attached hydrogen (secondary N) is 1. The fourth-order valence-corrected chi connectivity index (χ4v) is 4.29. The number of sulfonamides is 1. The third-order valence-corrected chi connectivity index (χ3v) is 5.91. The van der Waals surface area contributed by atoms with Crippen LogP contribution in [0, 0.1) is 27.7 Å². The molecule has 1 atom stereocenters. The predicted molar refractivity (Wildman–Crippen MR) is 92.0 cm³/mol. The Labute approximate surface area is 138 Å². The van der Waals surface area contributed by atoms with Gasteiger partial charge >= 0.3 is 0 Å². The molecule has 0 aliphatic heterocycles. The van der Waals surface area contributed by atoms with Crippen LogP contribution >= 0.6 is 0 Å². The van der Waals surface area contributed by atoms with Gasteiger partial charge < -0.3 is 5.11 Å². The number of benzene rings is 2. The summed E-state index contributed by atoms with van der Waals surface area (Å²) in [5.74, 6) is 0. The average molecular weight is 333 g/mol. The molecule has 0 aliphatic rings. The van der Waals surface area contributed by atoms with Crippen molar-refractivity contribution in [2.45, 2.75) is 38.7 Å². The van der Waals surface area contributed by atoms with Crippen LogP contribution in [-0.2, 0) is 10.0 Å². The number of aliphatic hydroxyl groups excluding tert-OH is 1. The van der Waals surface area contributed by atoms with E-state index in [-0.39, 0.29) is 6.54 Å². The van der Waals surface area contributed by atoms with Crippen LogP contribution in [0.4, 0.5) is 0 Å². The Morgan fingerprint density at radius 3 is 2.04 bits per heavy atom. The third-order valence-electron chi connectivity index (χ3n) is 4.22. The molecule has 5 heteroatoms. The van der Waals surface area contributed by atoms with E-state index in [1.54, 1.807) is 12.1 Å². The van der Waals surface area contributed by atoms with Gasteiger partial charge in [0.1, 0.15) is 0 Å². The first-order valence-electron chi connectivity index (χ1n) is 7.54. The molecule has 0 heterocycles. The highest BCUT2D eigenvalue weighted by Gasteiger charge is 2.23. The van der Waals surface area contributed by atoms with Gasteiger partial charge in [0.2, 0.25) is 10.0 Å². The molecule has 1 unspecified atom stereocenters. The van der Waals surface area contributed by atoms with Gasteiger partial charge in [-0.15, -0.1) is 0 Å². The summed E-state index contributed by atoms with van der Waals surface area (Å²) >= 11 is 0. The van der Waals surface area contributed by atoms with Crippen LogP contribution in [0.25, 0.3) is 0 Å². The summed E-state index contributed by atoms with van der Waals surface area (Å²) in [6.07, 6.45) is -0.877. The van der Waals surface area contributed by atoms with E-state index >= 15 is 0 Å². The van der Waals surface area contributed by atoms with E-state index in [4.69, 9.17) is 0 Å². The van der Waals surface area contributed by atoms with Crippen LogP contribution in [-0.4, -0.2) is 20.1 Å². The first-order chi connectivity index (χ1) is 10.7. The maximum Gasteiger partial charge on any atom is 0.241 e. The Kier molecular flexibility index (Phi) is 5.24. The third kappa shape index (κ3) is 3.80. The molecule has 0 aromatic heterocycles. The van der Waals surface area contributed by atoms with Crippen molar-refractivity contribution >= 4 is 10.0 Å². The second kappa shape index (κ2) is 6.83.